The van der Waals surface area contributed by atoms with Gasteiger partial charge in [0.1, 0.15) is 0 Å². The highest BCUT2D eigenvalue weighted by molar-refractivity contribution is 7.99. The number of hydrogen-bond acceptors (Lipinski definition) is 4. The summed E-state index contributed by atoms with van der Waals surface area (Å²) in [5.41, 5.74) is 1.36. The lowest BCUT2D eigenvalue weighted by molar-refractivity contribution is -0.138. The molecular weight excluding hydrogens is 278 g/mol. The van der Waals surface area contributed by atoms with E-state index in [-0.39, 0.29) is 18.4 Å². The lowest BCUT2D eigenvalue weighted by Crippen LogP contribution is -2.47. The number of aliphatic carboxylic acids is 1. The maximum absolute atomic E-state index is 12.7. The SMILES string of the molecule is CCc1nn(C)cc1C(=O)N1CCSCC1CC(=O)O. The third-order valence-corrected chi connectivity index (χ3v) is 4.46. The van der Waals surface area contributed by atoms with Crippen molar-refractivity contribution < 1.29 is 14.7 Å². The molecule has 1 saturated heterocycles. The predicted octanol–water partition coefficient (Wildman–Crippen LogP) is 1.01. The van der Waals surface area contributed by atoms with Gasteiger partial charge < -0.3 is 10.0 Å². The Labute approximate surface area is 122 Å². The minimum Gasteiger partial charge on any atom is -0.481 e. The Morgan fingerprint density at radius 3 is 2.95 bits per heavy atom. The van der Waals surface area contributed by atoms with Gasteiger partial charge in [-0.3, -0.25) is 14.3 Å². The topological polar surface area (TPSA) is 75.4 Å². The first-order valence-corrected chi connectivity index (χ1v) is 7.81. The average Bonchev–Trinajstić information content (AvgIpc) is 2.79. The first kappa shape index (κ1) is 14.9. The van der Waals surface area contributed by atoms with Crippen LogP contribution in [0.4, 0.5) is 0 Å². The summed E-state index contributed by atoms with van der Waals surface area (Å²) in [5.74, 6) is 0.572. The van der Waals surface area contributed by atoms with Crippen molar-refractivity contribution in [1.82, 2.24) is 14.7 Å². The summed E-state index contributed by atoms with van der Waals surface area (Å²) in [6, 6.07) is -0.233. The zero-order chi connectivity index (χ0) is 14.7. The molecule has 1 aliphatic rings. The number of amides is 1. The van der Waals surface area contributed by atoms with Crippen LogP contribution in [-0.4, -0.2) is 55.8 Å². The molecule has 0 spiro atoms. The van der Waals surface area contributed by atoms with Crippen molar-refractivity contribution in [3.05, 3.63) is 17.5 Å². The summed E-state index contributed by atoms with van der Waals surface area (Å²) < 4.78 is 1.64. The number of nitrogens with zero attached hydrogens (tertiary/aromatic N) is 3. The summed E-state index contributed by atoms with van der Waals surface area (Å²) in [7, 11) is 1.79. The molecule has 6 nitrogen and oxygen atoms in total. The van der Waals surface area contributed by atoms with Crippen molar-refractivity contribution in [2.45, 2.75) is 25.8 Å². The number of carbonyl (C=O) groups is 2. The van der Waals surface area contributed by atoms with Crippen LogP contribution in [0.2, 0.25) is 0 Å². The van der Waals surface area contributed by atoms with E-state index in [4.69, 9.17) is 5.11 Å². The molecule has 110 valence electrons. The highest BCUT2D eigenvalue weighted by Crippen LogP contribution is 2.22. The zero-order valence-corrected chi connectivity index (χ0v) is 12.5. The Balaban J connectivity index is 2.22. The highest BCUT2D eigenvalue weighted by Gasteiger charge is 2.31. The van der Waals surface area contributed by atoms with Gasteiger partial charge in [0.05, 0.1) is 23.7 Å². The van der Waals surface area contributed by atoms with E-state index in [0.717, 1.165) is 11.4 Å². The Morgan fingerprint density at radius 2 is 2.30 bits per heavy atom. The molecule has 1 fully saturated rings. The fraction of sp³-hybridized carbons (Fsp3) is 0.615. The molecule has 0 bridgehead atoms. The van der Waals surface area contributed by atoms with E-state index in [1.54, 1.807) is 34.6 Å². The number of hydrogen-bond donors (Lipinski definition) is 1. The first-order chi connectivity index (χ1) is 9.52. The highest BCUT2D eigenvalue weighted by atomic mass is 32.2. The summed E-state index contributed by atoms with van der Waals surface area (Å²) in [4.78, 5) is 25.3. The molecule has 1 aromatic rings. The van der Waals surface area contributed by atoms with E-state index >= 15 is 0 Å². The van der Waals surface area contributed by atoms with Crippen LogP contribution in [0.3, 0.4) is 0 Å². The van der Waals surface area contributed by atoms with Gasteiger partial charge in [-0.1, -0.05) is 6.92 Å². The predicted molar refractivity (Wildman–Crippen MR) is 77.0 cm³/mol. The minimum atomic E-state index is -0.864. The first-order valence-electron chi connectivity index (χ1n) is 6.66. The van der Waals surface area contributed by atoms with Crippen LogP contribution in [0.15, 0.2) is 6.20 Å². The molecule has 0 aliphatic carbocycles. The van der Waals surface area contributed by atoms with Gasteiger partial charge in [-0.25, -0.2) is 0 Å². The van der Waals surface area contributed by atoms with Gasteiger partial charge in [0.2, 0.25) is 0 Å². The smallest absolute Gasteiger partial charge is 0.305 e. The van der Waals surface area contributed by atoms with E-state index in [9.17, 15) is 9.59 Å². The van der Waals surface area contributed by atoms with Gasteiger partial charge in [-0.2, -0.15) is 16.9 Å². The van der Waals surface area contributed by atoms with Crippen LogP contribution in [0, 0.1) is 0 Å². The molecule has 0 aromatic carbocycles. The van der Waals surface area contributed by atoms with Gasteiger partial charge in [-0.15, -0.1) is 0 Å². The van der Waals surface area contributed by atoms with E-state index in [1.807, 2.05) is 6.92 Å². The van der Waals surface area contributed by atoms with Gasteiger partial charge in [0.25, 0.3) is 5.91 Å². The molecule has 1 atom stereocenters. The molecule has 7 heteroatoms. The third kappa shape index (κ3) is 3.15. The van der Waals surface area contributed by atoms with Crippen LogP contribution >= 0.6 is 11.8 Å². The van der Waals surface area contributed by atoms with Gasteiger partial charge >= 0.3 is 5.97 Å². The zero-order valence-electron chi connectivity index (χ0n) is 11.7. The number of aryl methyl sites for hydroxylation is 2. The van der Waals surface area contributed by atoms with Crippen molar-refractivity contribution in [2.75, 3.05) is 18.1 Å². The van der Waals surface area contributed by atoms with Crippen molar-refractivity contribution in [2.24, 2.45) is 7.05 Å². The number of rotatable bonds is 4. The van der Waals surface area contributed by atoms with E-state index in [2.05, 4.69) is 5.10 Å². The van der Waals surface area contributed by atoms with E-state index in [1.165, 1.54) is 0 Å². The quantitative estimate of drug-likeness (QED) is 0.898. The second-order valence-electron chi connectivity index (χ2n) is 4.84. The van der Waals surface area contributed by atoms with E-state index in [0.29, 0.717) is 24.3 Å². The van der Waals surface area contributed by atoms with Gasteiger partial charge in [-0.05, 0) is 6.42 Å². The summed E-state index contributed by atoms with van der Waals surface area (Å²) in [6.45, 7) is 2.55. The molecule has 1 amide bonds. The Hall–Kier alpha value is -1.50. The van der Waals surface area contributed by atoms with E-state index < -0.39 is 5.97 Å². The Morgan fingerprint density at radius 1 is 1.55 bits per heavy atom. The van der Waals surface area contributed by atoms with Gasteiger partial charge in [0.15, 0.2) is 0 Å². The molecule has 2 heterocycles. The fourth-order valence-corrected chi connectivity index (χ4v) is 3.48. The number of carboxylic acids is 1. The fourth-order valence-electron chi connectivity index (χ4n) is 2.42. The summed E-state index contributed by atoms with van der Waals surface area (Å²) >= 11 is 1.70. The molecule has 0 radical (unpaired) electrons. The van der Waals surface area contributed by atoms with Crippen LogP contribution in [0.5, 0.6) is 0 Å². The minimum absolute atomic E-state index is 0.000457. The molecule has 0 saturated carbocycles. The van der Waals surface area contributed by atoms with Crippen LogP contribution < -0.4 is 0 Å². The maximum Gasteiger partial charge on any atom is 0.305 e. The molecule has 1 unspecified atom stereocenters. The molecule has 1 N–H and O–H groups in total. The Kier molecular flexibility index (Phi) is 4.69. The number of aromatic nitrogens is 2. The Bertz CT molecular complexity index is 515. The van der Waals surface area contributed by atoms with Crippen molar-refractivity contribution in [1.29, 1.82) is 0 Å². The lowest BCUT2D eigenvalue weighted by atomic mass is 10.1. The second-order valence-corrected chi connectivity index (χ2v) is 5.99. The monoisotopic (exact) mass is 297 g/mol. The maximum atomic E-state index is 12.7. The lowest BCUT2D eigenvalue weighted by Gasteiger charge is -2.34. The molecule has 1 aromatic heterocycles. The molecule has 20 heavy (non-hydrogen) atoms. The molecular formula is C13H19N3O3S. The molecule has 2 rings (SSSR count). The molecule has 1 aliphatic heterocycles. The summed E-state index contributed by atoms with van der Waals surface area (Å²) in [6.07, 6.45) is 2.41. The number of carbonyl (C=O) groups excluding carboxylic acids is 1. The van der Waals surface area contributed by atoms with Gasteiger partial charge in [0, 0.05) is 31.3 Å². The standard InChI is InChI=1S/C13H19N3O3S/c1-3-11-10(7-15(2)14-11)13(19)16-4-5-20-8-9(16)6-12(17)18/h7,9H,3-6,8H2,1-2H3,(H,17,18). The van der Waals surface area contributed by atoms with Crippen molar-refractivity contribution in [3.63, 3.8) is 0 Å². The third-order valence-electron chi connectivity index (χ3n) is 3.37. The summed E-state index contributed by atoms with van der Waals surface area (Å²) in [5, 5.41) is 13.3. The second kappa shape index (κ2) is 6.30. The van der Waals surface area contributed by atoms with Crippen molar-refractivity contribution in [3.8, 4) is 0 Å². The normalized spacial score (nSPS) is 19.1. The number of carboxylic acid groups (broad SMARTS) is 1. The van der Waals surface area contributed by atoms with Crippen molar-refractivity contribution >= 4 is 23.6 Å². The largest absolute Gasteiger partial charge is 0.481 e. The van der Waals surface area contributed by atoms with Crippen LogP contribution in [0.25, 0.3) is 0 Å². The van der Waals surface area contributed by atoms with Crippen LogP contribution in [0.1, 0.15) is 29.4 Å². The number of thioether (sulfide) groups is 1. The van der Waals surface area contributed by atoms with Crippen LogP contribution in [-0.2, 0) is 18.3 Å². The average molecular weight is 297 g/mol.